The fourth-order valence-electron chi connectivity index (χ4n) is 2.01. The molecule has 0 amide bonds. The summed E-state index contributed by atoms with van der Waals surface area (Å²) in [5.74, 6) is 1.82. The van der Waals surface area contributed by atoms with Crippen molar-refractivity contribution in [2.75, 3.05) is 19.4 Å². The van der Waals surface area contributed by atoms with E-state index in [0.29, 0.717) is 0 Å². The Bertz CT molecular complexity index is 360. The van der Waals surface area contributed by atoms with Gasteiger partial charge in [-0.1, -0.05) is 6.42 Å². The van der Waals surface area contributed by atoms with Crippen LogP contribution in [0.25, 0.3) is 0 Å². The predicted octanol–water partition coefficient (Wildman–Crippen LogP) is 1.81. The molecule has 88 valence electrons. The fourth-order valence-corrected chi connectivity index (χ4v) is 2.01. The van der Waals surface area contributed by atoms with Gasteiger partial charge in [-0.15, -0.1) is 0 Å². The number of rotatable bonds is 4. The third-order valence-corrected chi connectivity index (χ3v) is 3.25. The maximum atomic E-state index is 4.47. The summed E-state index contributed by atoms with van der Waals surface area (Å²) in [6.45, 7) is 2.86. The lowest BCUT2D eigenvalue weighted by molar-refractivity contribution is 0.149. The Labute approximate surface area is 97.1 Å². The molecule has 2 rings (SSSR count). The van der Waals surface area contributed by atoms with Crippen LogP contribution in [0.2, 0.25) is 0 Å². The predicted molar refractivity (Wildman–Crippen MR) is 65.4 cm³/mol. The van der Waals surface area contributed by atoms with Gasteiger partial charge in [-0.25, -0.2) is 9.97 Å². The second-order valence-electron chi connectivity index (χ2n) is 4.56. The fraction of sp³-hybridized carbons (Fsp3) is 0.667. The molecule has 0 unspecified atom stereocenters. The number of hydrogen-bond donors (Lipinski definition) is 1. The van der Waals surface area contributed by atoms with Gasteiger partial charge in [-0.05, 0) is 26.8 Å². The van der Waals surface area contributed by atoms with Crippen LogP contribution in [0, 0.1) is 6.92 Å². The maximum Gasteiger partial charge on any atom is 0.144 e. The summed E-state index contributed by atoms with van der Waals surface area (Å²) in [5, 5.41) is 3.07. The normalized spacial score (nSPS) is 16.2. The zero-order valence-electron chi connectivity index (χ0n) is 10.3. The number of hydrogen-bond acceptors (Lipinski definition) is 4. The van der Waals surface area contributed by atoms with E-state index >= 15 is 0 Å². The van der Waals surface area contributed by atoms with Crippen molar-refractivity contribution in [2.24, 2.45) is 0 Å². The molecule has 16 heavy (non-hydrogen) atoms. The first-order chi connectivity index (χ1) is 7.69. The first kappa shape index (κ1) is 11.3. The topological polar surface area (TPSA) is 41.1 Å². The van der Waals surface area contributed by atoms with Gasteiger partial charge in [0.05, 0.1) is 6.54 Å². The van der Waals surface area contributed by atoms with Gasteiger partial charge in [0.2, 0.25) is 0 Å². The Morgan fingerprint density at radius 3 is 2.75 bits per heavy atom. The van der Waals surface area contributed by atoms with Crippen LogP contribution in [0.1, 0.15) is 30.8 Å². The standard InChI is InChI=1S/C12H20N4/c1-9-7-11(13-2)15-12(14-9)8-16(3)10-5-4-6-10/h7,10H,4-6,8H2,1-3H3,(H,13,14,15). The van der Waals surface area contributed by atoms with Gasteiger partial charge < -0.3 is 5.32 Å². The minimum Gasteiger partial charge on any atom is -0.373 e. The molecule has 1 aromatic heterocycles. The monoisotopic (exact) mass is 220 g/mol. The SMILES string of the molecule is CNc1cc(C)nc(CN(C)C2CCC2)n1. The summed E-state index contributed by atoms with van der Waals surface area (Å²) in [6.07, 6.45) is 4.01. The number of nitrogens with one attached hydrogen (secondary N) is 1. The van der Waals surface area contributed by atoms with Crippen LogP contribution < -0.4 is 5.32 Å². The summed E-state index contributed by atoms with van der Waals surface area (Å²) >= 11 is 0. The average molecular weight is 220 g/mol. The van der Waals surface area contributed by atoms with Gasteiger partial charge in [-0.2, -0.15) is 0 Å². The first-order valence-corrected chi connectivity index (χ1v) is 5.91. The molecular weight excluding hydrogens is 200 g/mol. The Balaban J connectivity index is 2.04. The lowest BCUT2D eigenvalue weighted by Crippen LogP contribution is -2.37. The molecule has 1 aromatic rings. The average Bonchev–Trinajstić information content (AvgIpc) is 2.13. The Kier molecular flexibility index (Phi) is 3.39. The molecule has 1 N–H and O–H groups in total. The summed E-state index contributed by atoms with van der Waals surface area (Å²) in [4.78, 5) is 11.3. The van der Waals surface area contributed by atoms with Gasteiger partial charge >= 0.3 is 0 Å². The molecular formula is C12H20N4. The third kappa shape index (κ3) is 2.50. The zero-order chi connectivity index (χ0) is 11.5. The van der Waals surface area contributed by atoms with Crippen LogP contribution >= 0.6 is 0 Å². The molecule has 4 heteroatoms. The van der Waals surface area contributed by atoms with E-state index in [1.165, 1.54) is 19.3 Å². The van der Waals surface area contributed by atoms with Crippen molar-refractivity contribution >= 4 is 5.82 Å². The van der Waals surface area contributed by atoms with Crippen molar-refractivity contribution in [3.63, 3.8) is 0 Å². The van der Waals surface area contributed by atoms with E-state index < -0.39 is 0 Å². The lowest BCUT2D eigenvalue weighted by atomic mass is 9.92. The van der Waals surface area contributed by atoms with Crippen molar-refractivity contribution in [2.45, 2.75) is 38.8 Å². The quantitative estimate of drug-likeness (QED) is 0.840. The second-order valence-corrected chi connectivity index (χ2v) is 4.56. The van der Waals surface area contributed by atoms with Crippen LogP contribution in [-0.4, -0.2) is 35.0 Å². The maximum absolute atomic E-state index is 4.47. The van der Waals surface area contributed by atoms with Gasteiger partial charge in [0.15, 0.2) is 0 Å². The minimum atomic E-state index is 0.738. The summed E-state index contributed by atoms with van der Waals surface area (Å²) in [5.41, 5.74) is 1.02. The highest BCUT2D eigenvalue weighted by Crippen LogP contribution is 2.24. The van der Waals surface area contributed by atoms with Crippen LogP contribution in [0.4, 0.5) is 5.82 Å². The Morgan fingerprint density at radius 1 is 1.44 bits per heavy atom. The van der Waals surface area contributed by atoms with Crippen LogP contribution in [0.5, 0.6) is 0 Å². The molecule has 0 bridgehead atoms. The van der Waals surface area contributed by atoms with Crippen molar-refractivity contribution in [1.29, 1.82) is 0 Å². The molecule has 0 spiro atoms. The molecule has 1 saturated carbocycles. The van der Waals surface area contributed by atoms with E-state index in [-0.39, 0.29) is 0 Å². The zero-order valence-corrected chi connectivity index (χ0v) is 10.3. The summed E-state index contributed by atoms with van der Waals surface area (Å²) < 4.78 is 0. The molecule has 0 aromatic carbocycles. The second kappa shape index (κ2) is 4.78. The van der Waals surface area contributed by atoms with Gasteiger partial charge in [0.25, 0.3) is 0 Å². The van der Waals surface area contributed by atoms with E-state index in [1.54, 1.807) is 0 Å². The summed E-state index contributed by atoms with van der Waals surface area (Å²) in [7, 11) is 4.05. The molecule has 0 aliphatic heterocycles. The smallest absolute Gasteiger partial charge is 0.144 e. The van der Waals surface area contributed by atoms with Crippen molar-refractivity contribution in [1.82, 2.24) is 14.9 Å². The van der Waals surface area contributed by atoms with Crippen molar-refractivity contribution in [3.8, 4) is 0 Å². The molecule has 1 aliphatic carbocycles. The largest absolute Gasteiger partial charge is 0.373 e. The lowest BCUT2D eigenvalue weighted by Gasteiger charge is -2.34. The third-order valence-electron chi connectivity index (χ3n) is 3.25. The number of anilines is 1. The number of nitrogens with zero attached hydrogens (tertiary/aromatic N) is 3. The van der Waals surface area contributed by atoms with Gasteiger partial charge in [0.1, 0.15) is 11.6 Å². The van der Waals surface area contributed by atoms with E-state index in [2.05, 4.69) is 27.2 Å². The van der Waals surface area contributed by atoms with Crippen LogP contribution in [-0.2, 0) is 6.54 Å². The van der Waals surface area contributed by atoms with Crippen molar-refractivity contribution < 1.29 is 0 Å². The molecule has 0 atom stereocenters. The molecule has 1 fully saturated rings. The van der Waals surface area contributed by atoms with E-state index in [9.17, 15) is 0 Å². The molecule has 4 nitrogen and oxygen atoms in total. The van der Waals surface area contributed by atoms with E-state index in [0.717, 1.165) is 29.9 Å². The Hall–Kier alpha value is -1.16. The number of aromatic nitrogens is 2. The first-order valence-electron chi connectivity index (χ1n) is 5.91. The highest BCUT2D eigenvalue weighted by molar-refractivity contribution is 5.34. The van der Waals surface area contributed by atoms with E-state index in [4.69, 9.17) is 0 Å². The van der Waals surface area contributed by atoms with Crippen molar-refractivity contribution in [3.05, 3.63) is 17.6 Å². The van der Waals surface area contributed by atoms with Crippen LogP contribution in [0.3, 0.4) is 0 Å². The summed E-state index contributed by atoms with van der Waals surface area (Å²) in [6, 6.07) is 2.70. The molecule has 0 radical (unpaired) electrons. The highest BCUT2D eigenvalue weighted by atomic mass is 15.2. The van der Waals surface area contributed by atoms with Gasteiger partial charge in [-0.3, -0.25) is 4.90 Å². The van der Waals surface area contributed by atoms with E-state index in [1.807, 2.05) is 20.0 Å². The Morgan fingerprint density at radius 2 is 2.19 bits per heavy atom. The molecule has 1 heterocycles. The molecule has 1 aliphatic rings. The van der Waals surface area contributed by atoms with Gasteiger partial charge in [0, 0.05) is 24.8 Å². The molecule has 0 saturated heterocycles. The highest BCUT2D eigenvalue weighted by Gasteiger charge is 2.22. The minimum absolute atomic E-state index is 0.738. The number of aryl methyl sites for hydroxylation is 1. The van der Waals surface area contributed by atoms with Crippen LogP contribution in [0.15, 0.2) is 6.07 Å².